The van der Waals surface area contributed by atoms with Crippen LogP contribution in [0, 0.1) is 18.3 Å². The first-order valence-electron chi connectivity index (χ1n) is 8.16. The number of nitrogens with two attached hydrogens (primary N) is 1. The molecule has 0 spiro atoms. The summed E-state index contributed by atoms with van der Waals surface area (Å²) in [6.07, 6.45) is 0. The van der Waals surface area contributed by atoms with E-state index in [9.17, 15) is 5.26 Å². The summed E-state index contributed by atoms with van der Waals surface area (Å²) >= 11 is 3.39. The average molecular weight is 427 g/mol. The number of nitrogens with one attached hydrogen (secondary N) is 1. The Morgan fingerprint density at radius 1 is 1.30 bits per heavy atom. The fourth-order valence-corrected chi connectivity index (χ4v) is 3.26. The molecule has 2 aromatic heterocycles. The summed E-state index contributed by atoms with van der Waals surface area (Å²) in [6, 6.07) is 13.3. The number of hydrogen-bond acceptors (Lipinski definition) is 6. The number of ether oxygens (including phenoxy) is 2. The zero-order chi connectivity index (χ0) is 19.0. The molecule has 4 rings (SSSR count). The number of benzene rings is 1. The van der Waals surface area contributed by atoms with Gasteiger partial charge < -0.3 is 19.6 Å². The van der Waals surface area contributed by atoms with Crippen LogP contribution in [0.4, 0.5) is 0 Å². The van der Waals surface area contributed by atoms with Crippen molar-refractivity contribution in [1.29, 1.82) is 5.26 Å². The maximum absolute atomic E-state index is 9.56. The molecule has 1 aliphatic heterocycles. The van der Waals surface area contributed by atoms with Crippen LogP contribution < -0.4 is 15.2 Å². The van der Waals surface area contributed by atoms with E-state index >= 15 is 0 Å². The SMILES string of the molecule is Cc1[nH]nc2c1[C@@H](c1ccc(COc3ccc(Br)cc3)o1)C(C#N)=C(N)O2. The van der Waals surface area contributed by atoms with Crippen molar-refractivity contribution in [2.24, 2.45) is 5.73 Å². The Hall–Kier alpha value is -3.18. The molecule has 27 heavy (non-hydrogen) atoms. The number of aryl methyl sites for hydroxylation is 1. The molecule has 0 saturated carbocycles. The quantitative estimate of drug-likeness (QED) is 0.654. The Kier molecular flexibility index (Phi) is 4.38. The zero-order valence-electron chi connectivity index (χ0n) is 14.3. The largest absolute Gasteiger partial charge is 0.486 e. The highest BCUT2D eigenvalue weighted by Gasteiger charge is 2.36. The van der Waals surface area contributed by atoms with E-state index in [1.165, 1.54) is 0 Å². The van der Waals surface area contributed by atoms with E-state index in [1.54, 1.807) is 0 Å². The molecule has 0 saturated heterocycles. The van der Waals surface area contributed by atoms with Crippen molar-refractivity contribution in [3.63, 3.8) is 0 Å². The van der Waals surface area contributed by atoms with Crippen LogP contribution in [0.2, 0.25) is 0 Å². The van der Waals surface area contributed by atoms with Crippen molar-refractivity contribution < 1.29 is 13.9 Å². The highest BCUT2D eigenvalue weighted by molar-refractivity contribution is 9.10. The Balaban J connectivity index is 1.61. The molecule has 0 aliphatic carbocycles. The van der Waals surface area contributed by atoms with Gasteiger partial charge in [-0.15, -0.1) is 5.10 Å². The molecular weight excluding hydrogens is 412 g/mol. The molecule has 1 atom stereocenters. The summed E-state index contributed by atoms with van der Waals surface area (Å²) in [6.45, 7) is 2.13. The molecule has 3 N–H and O–H groups in total. The smallest absolute Gasteiger partial charge is 0.244 e. The van der Waals surface area contributed by atoms with E-state index in [0.29, 0.717) is 23.0 Å². The van der Waals surface area contributed by atoms with E-state index in [1.807, 2.05) is 43.3 Å². The van der Waals surface area contributed by atoms with Crippen LogP contribution in [0.5, 0.6) is 11.6 Å². The first kappa shape index (κ1) is 17.2. The van der Waals surface area contributed by atoms with Crippen LogP contribution >= 0.6 is 15.9 Å². The summed E-state index contributed by atoms with van der Waals surface area (Å²) < 4.78 is 18.1. The molecule has 0 bridgehead atoms. The first-order valence-corrected chi connectivity index (χ1v) is 8.95. The molecule has 0 fully saturated rings. The lowest BCUT2D eigenvalue weighted by Crippen LogP contribution is -2.20. The summed E-state index contributed by atoms with van der Waals surface area (Å²) in [7, 11) is 0. The molecule has 136 valence electrons. The van der Waals surface area contributed by atoms with Crippen molar-refractivity contribution in [2.75, 3.05) is 0 Å². The van der Waals surface area contributed by atoms with Crippen molar-refractivity contribution in [3.05, 3.63) is 75.1 Å². The average Bonchev–Trinajstić information content (AvgIpc) is 3.27. The van der Waals surface area contributed by atoms with Crippen molar-refractivity contribution >= 4 is 15.9 Å². The normalized spacial score (nSPS) is 15.8. The minimum Gasteiger partial charge on any atom is -0.486 e. The topological polar surface area (TPSA) is 110 Å². The van der Waals surface area contributed by atoms with Crippen molar-refractivity contribution in [2.45, 2.75) is 19.4 Å². The van der Waals surface area contributed by atoms with Gasteiger partial charge in [-0.2, -0.15) is 5.26 Å². The number of rotatable bonds is 4. The number of allylic oxidation sites excluding steroid dienone is 1. The number of hydrogen-bond donors (Lipinski definition) is 2. The van der Waals surface area contributed by atoms with Gasteiger partial charge in [0.1, 0.15) is 35.5 Å². The van der Waals surface area contributed by atoms with E-state index in [4.69, 9.17) is 19.6 Å². The number of nitriles is 1. The molecule has 1 aromatic carbocycles. The zero-order valence-corrected chi connectivity index (χ0v) is 15.9. The molecule has 0 unspecified atom stereocenters. The predicted octanol–water partition coefficient (Wildman–Crippen LogP) is 3.87. The third-order valence-corrected chi connectivity index (χ3v) is 4.82. The van der Waals surface area contributed by atoms with Gasteiger partial charge in [0, 0.05) is 10.2 Å². The fraction of sp³-hybridized carbons (Fsp3) is 0.158. The van der Waals surface area contributed by atoms with Gasteiger partial charge >= 0.3 is 0 Å². The molecule has 7 nitrogen and oxygen atoms in total. The number of nitrogens with zero attached hydrogens (tertiary/aromatic N) is 2. The van der Waals surface area contributed by atoms with Gasteiger partial charge in [0.25, 0.3) is 0 Å². The lowest BCUT2D eigenvalue weighted by molar-refractivity contribution is 0.264. The lowest BCUT2D eigenvalue weighted by atomic mass is 9.88. The third-order valence-electron chi connectivity index (χ3n) is 4.29. The van der Waals surface area contributed by atoms with Crippen LogP contribution in [0.25, 0.3) is 0 Å². The number of halogens is 1. The van der Waals surface area contributed by atoms with Gasteiger partial charge in [-0.05, 0) is 43.3 Å². The third kappa shape index (κ3) is 3.17. The minimum absolute atomic E-state index is 0.0329. The highest BCUT2D eigenvalue weighted by atomic mass is 79.9. The molecule has 8 heteroatoms. The van der Waals surface area contributed by atoms with Gasteiger partial charge in [0.15, 0.2) is 0 Å². The van der Waals surface area contributed by atoms with Crippen LogP contribution in [0.3, 0.4) is 0 Å². The van der Waals surface area contributed by atoms with Crippen molar-refractivity contribution in [3.8, 4) is 17.7 Å². The standard InChI is InChI=1S/C19H15BrN4O3/c1-10-16-17(14(8-21)18(22)27-19(16)24-23-10)15-7-6-13(26-15)9-25-12-4-2-11(20)3-5-12/h2-7,17H,9,22H2,1H3,(H,23,24)/t17-/m1/s1. The maximum atomic E-state index is 9.56. The summed E-state index contributed by atoms with van der Waals surface area (Å²) in [4.78, 5) is 0. The Morgan fingerprint density at radius 2 is 2.07 bits per heavy atom. The second-order valence-electron chi connectivity index (χ2n) is 6.04. The Labute approximate surface area is 163 Å². The molecule has 3 aromatic rings. The first-order chi connectivity index (χ1) is 13.1. The summed E-state index contributed by atoms with van der Waals surface area (Å²) in [5.74, 6) is 1.87. The van der Waals surface area contributed by atoms with Gasteiger partial charge in [-0.25, -0.2) is 0 Å². The predicted molar refractivity (Wildman–Crippen MR) is 99.8 cm³/mol. The number of aromatic amines is 1. The maximum Gasteiger partial charge on any atom is 0.244 e. The molecule has 0 amide bonds. The molecular formula is C19H15BrN4O3. The fourth-order valence-electron chi connectivity index (χ4n) is 3.00. The monoisotopic (exact) mass is 426 g/mol. The van der Waals surface area contributed by atoms with Gasteiger partial charge in [-0.3, -0.25) is 5.10 Å². The Bertz CT molecular complexity index is 1060. The van der Waals surface area contributed by atoms with Gasteiger partial charge in [0.2, 0.25) is 11.8 Å². The van der Waals surface area contributed by atoms with Crippen LogP contribution in [0.1, 0.15) is 28.7 Å². The van der Waals surface area contributed by atoms with E-state index in [2.05, 4.69) is 32.2 Å². The second-order valence-corrected chi connectivity index (χ2v) is 6.95. The van der Waals surface area contributed by atoms with E-state index in [-0.39, 0.29) is 12.5 Å². The highest BCUT2D eigenvalue weighted by Crippen LogP contribution is 2.43. The van der Waals surface area contributed by atoms with E-state index < -0.39 is 5.92 Å². The minimum atomic E-state index is -0.473. The second kappa shape index (κ2) is 6.85. The summed E-state index contributed by atoms with van der Waals surface area (Å²) in [5, 5.41) is 16.5. The van der Waals surface area contributed by atoms with Gasteiger partial charge in [-0.1, -0.05) is 15.9 Å². The van der Waals surface area contributed by atoms with Crippen LogP contribution in [-0.2, 0) is 6.61 Å². The summed E-state index contributed by atoms with van der Waals surface area (Å²) in [5.41, 5.74) is 7.74. The molecule has 1 aliphatic rings. The number of fused-ring (bicyclic) bond motifs is 1. The lowest BCUT2D eigenvalue weighted by Gasteiger charge is -2.21. The van der Waals surface area contributed by atoms with E-state index in [0.717, 1.165) is 21.5 Å². The Morgan fingerprint density at radius 3 is 2.81 bits per heavy atom. The number of aromatic nitrogens is 2. The van der Waals surface area contributed by atoms with Crippen LogP contribution in [-0.4, -0.2) is 10.2 Å². The number of H-pyrrole nitrogens is 1. The number of furan rings is 1. The van der Waals surface area contributed by atoms with Crippen molar-refractivity contribution in [1.82, 2.24) is 10.2 Å². The molecule has 0 radical (unpaired) electrons. The van der Waals surface area contributed by atoms with Gasteiger partial charge in [0.05, 0.1) is 11.5 Å². The van der Waals surface area contributed by atoms with Crippen LogP contribution in [0.15, 0.2) is 56.7 Å². The molecule has 3 heterocycles.